The van der Waals surface area contributed by atoms with Crippen molar-refractivity contribution in [3.63, 3.8) is 0 Å². The van der Waals surface area contributed by atoms with Gasteiger partial charge in [0.05, 0.1) is 13.2 Å². The van der Waals surface area contributed by atoms with Crippen molar-refractivity contribution >= 4 is 10.2 Å². The Bertz CT molecular complexity index is 546. The Morgan fingerprint density at radius 2 is 1.11 bits per heavy atom. The fourth-order valence-electron chi connectivity index (χ4n) is 3.03. The van der Waals surface area contributed by atoms with Crippen LogP contribution in [0, 0.1) is 0 Å². The Morgan fingerprint density at radius 1 is 0.643 bits per heavy atom. The Labute approximate surface area is 165 Å². The molecule has 0 amide bonds. The van der Waals surface area contributed by atoms with E-state index in [2.05, 4.69) is 0 Å². The summed E-state index contributed by atoms with van der Waals surface area (Å²) in [5, 5.41) is 8.57. The smallest absolute Gasteiger partial charge is 0.310 e. The molecule has 0 radical (unpaired) electrons. The van der Waals surface area contributed by atoms with Crippen molar-refractivity contribution < 1.29 is 29.3 Å². The lowest BCUT2D eigenvalue weighted by atomic mass is 10.0. The van der Waals surface area contributed by atoms with Gasteiger partial charge in [0.25, 0.3) is 0 Å². The third-order valence-electron chi connectivity index (χ3n) is 4.61. The van der Waals surface area contributed by atoms with E-state index in [1.54, 1.807) is 0 Å². The van der Waals surface area contributed by atoms with E-state index in [4.69, 9.17) is 9.84 Å². The minimum atomic E-state index is -9.55. The van der Waals surface area contributed by atoms with Gasteiger partial charge in [-0.3, -0.25) is 0 Å². The molecule has 0 unspecified atom stereocenters. The molecule has 1 rings (SSSR count). The molecule has 28 heavy (non-hydrogen) atoms. The Kier molecular flexibility index (Phi) is 9.70. The van der Waals surface area contributed by atoms with Crippen LogP contribution < -0.4 is 0 Å². The maximum atomic E-state index is 12.7. The van der Waals surface area contributed by atoms with Crippen molar-refractivity contribution in [2.75, 3.05) is 19.8 Å². The second-order valence-corrected chi connectivity index (χ2v) is 9.64. The molecular formula is C20H33F5O2S. The molecule has 1 aromatic carbocycles. The normalized spacial score (nSPS) is 14.6. The van der Waals surface area contributed by atoms with Crippen LogP contribution >= 0.6 is 10.2 Å². The summed E-state index contributed by atoms with van der Waals surface area (Å²) in [5.74, 6) is 0. The molecule has 0 fully saturated rings. The number of aryl methyl sites for hydroxylation is 1. The van der Waals surface area contributed by atoms with Gasteiger partial charge in [-0.05, 0) is 37.0 Å². The Hall–Kier alpha value is -0.860. The number of ether oxygens (including phenoxy) is 1. The lowest BCUT2D eigenvalue weighted by Crippen LogP contribution is -2.05. The molecular weight excluding hydrogens is 399 g/mol. The van der Waals surface area contributed by atoms with Gasteiger partial charge in [0.2, 0.25) is 0 Å². The number of hydrogen-bond acceptors (Lipinski definition) is 2. The topological polar surface area (TPSA) is 29.5 Å². The third-order valence-corrected chi connectivity index (χ3v) is 5.77. The first-order chi connectivity index (χ1) is 13.0. The fraction of sp³-hybridized carbons (Fsp3) is 0.700. The highest BCUT2D eigenvalue weighted by atomic mass is 32.5. The molecule has 0 aliphatic heterocycles. The van der Waals surface area contributed by atoms with Crippen molar-refractivity contribution in [1.29, 1.82) is 0 Å². The zero-order chi connectivity index (χ0) is 21.0. The summed E-state index contributed by atoms with van der Waals surface area (Å²) in [6, 6.07) is 3.30. The molecule has 0 aliphatic carbocycles. The molecule has 0 aromatic heterocycles. The molecule has 0 aliphatic rings. The minimum absolute atomic E-state index is 0.0736. The monoisotopic (exact) mass is 432 g/mol. The number of rotatable bonds is 16. The minimum Gasteiger partial charge on any atom is -0.394 e. The van der Waals surface area contributed by atoms with Crippen LogP contribution in [-0.4, -0.2) is 24.9 Å². The number of benzene rings is 1. The summed E-state index contributed by atoms with van der Waals surface area (Å²) in [6.07, 6.45) is 11.6. The summed E-state index contributed by atoms with van der Waals surface area (Å²) in [5.41, 5.74) is 0.661. The molecule has 0 saturated heterocycles. The van der Waals surface area contributed by atoms with Crippen LogP contribution in [0.25, 0.3) is 0 Å². The van der Waals surface area contributed by atoms with Crippen LogP contribution in [0.4, 0.5) is 19.4 Å². The molecule has 8 heteroatoms. The fourth-order valence-corrected chi connectivity index (χ4v) is 3.68. The van der Waals surface area contributed by atoms with Gasteiger partial charge in [-0.25, -0.2) is 0 Å². The molecule has 2 nitrogen and oxygen atoms in total. The van der Waals surface area contributed by atoms with Crippen molar-refractivity contribution in [2.24, 2.45) is 0 Å². The van der Waals surface area contributed by atoms with E-state index in [1.807, 2.05) is 0 Å². The SMILES string of the molecule is OCCOCCCCCCCCCCCCc1ccc(S(F)(F)(F)(F)F)cc1. The zero-order valence-corrected chi connectivity index (χ0v) is 17.2. The highest BCUT2D eigenvalue weighted by Gasteiger charge is 2.65. The number of aliphatic hydroxyl groups excluding tert-OH is 1. The van der Waals surface area contributed by atoms with Gasteiger partial charge in [-0.1, -0.05) is 82.9 Å². The maximum absolute atomic E-state index is 12.7. The highest BCUT2D eigenvalue weighted by molar-refractivity contribution is 8.45. The van der Waals surface area contributed by atoms with Crippen LogP contribution in [0.3, 0.4) is 0 Å². The molecule has 1 N–H and O–H groups in total. The van der Waals surface area contributed by atoms with Gasteiger partial charge in [-0.15, -0.1) is 0 Å². The van der Waals surface area contributed by atoms with Gasteiger partial charge >= 0.3 is 10.2 Å². The van der Waals surface area contributed by atoms with E-state index < -0.39 is 15.1 Å². The summed E-state index contributed by atoms with van der Waals surface area (Å²) in [4.78, 5) is -1.82. The van der Waals surface area contributed by atoms with E-state index in [0.717, 1.165) is 50.7 Å². The largest absolute Gasteiger partial charge is 0.394 e. The summed E-state index contributed by atoms with van der Waals surface area (Å²) in [7, 11) is -9.55. The highest BCUT2D eigenvalue weighted by Crippen LogP contribution is 3.02. The molecule has 0 atom stereocenters. The Morgan fingerprint density at radius 3 is 1.57 bits per heavy atom. The number of unbranched alkanes of at least 4 members (excludes halogenated alkanes) is 9. The van der Waals surface area contributed by atoms with Gasteiger partial charge in [0.1, 0.15) is 4.90 Å². The van der Waals surface area contributed by atoms with Crippen molar-refractivity contribution in [1.82, 2.24) is 0 Å². The number of aliphatic hydroxyl groups is 1. The number of halogens is 5. The van der Waals surface area contributed by atoms with E-state index in [0.29, 0.717) is 37.3 Å². The van der Waals surface area contributed by atoms with Gasteiger partial charge in [0.15, 0.2) is 0 Å². The average molecular weight is 433 g/mol. The molecule has 0 heterocycles. The van der Waals surface area contributed by atoms with E-state index in [-0.39, 0.29) is 6.61 Å². The van der Waals surface area contributed by atoms with Crippen LogP contribution in [0.2, 0.25) is 0 Å². The van der Waals surface area contributed by atoms with Crippen molar-refractivity contribution in [3.05, 3.63) is 29.8 Å². The molecule has 166 valence electrons. The predicted octanol–water partition coefficient (Wildman–Crippen LogP) is 7.80. The first kappa shape index (κ1) is 25.2. The molecule has 1 aromatic rings. The van der Waals surface area contributed by atoms with Crippen molar-refractivity contribution in [2.45, 2.75) is 75.5 Å². The van der Waals surface area contributed by atoms with E-state index >= 15 is 0 Å². The maximum Gasteiger partial charge on any atom is 0.310 e. The van der Waals surface area contributed by atoms with Gasteiger partial charge < -0.3 is 9.84 Å². The van der Waals surface area contributed by atoms with Gasteiger partial charge in [-0.2, -0.15) is 0 Å². The van der Waals surface area contributed by atoms with Crippen LogP contribution in [0.1, 0.15) is 69.8 Å². The summed E-state index contributed by atoms with van der Waals surface area (Å²) in [6.45, 7) is 1.20. The summed E-state index contributed by atoms with van der Waals surface area (Å²) >= 11 is 0. The Balaban J connectivity index is 2.01. The second-order valence-electron chi connectivity index (χ2n) is 7.23. The van der Waals surface area contributed by atoms with E-state index in [1.165, 1.54) is 25.7 Å². The lowest BCUT2D eigenvalue weighted by molar-refractivity contribution is 0.0895. The first-order valence-electron chi connectivity index (χ1n) is 10.0. The van der Waals surface area contributed by atoms with Crippen molar-refractivity contribution in [3.8, 4) is 0 Å². The van der Waals surface area contributed by atoms with Crippen LogP contribution in [0.15, 0.2) is 29.2 Å². The standard InChI is InChI=1S/C20H33F5O2S/c21-28(22,23,24,25)20-14-12-19(13-15-20)11-9-7-5-3-1-2-4-6-8-10-17-27-18-16-26/h12-15,26H,1-11,16-18H2. The zero-order valence-electron chi connectivity index (χ0n) is 16.4. The molecule has 0 bridgehead atoms. The average Bonchev–Trinajstić information content (AvgIpc) is 2.60. The predicted molar refractivity (Wildman–Crippen MR) is 106 cm³/mol. The number of hydrogen-bond donors (Lipinski definition) is 1. The van der Waals surface area contributed by atoms with Crippen LogP contribution in [0.5, 0.6) is 0 Å². The molecule has 0 spiro atoms. The summed E-state index contributed by atoms with van der Waals surface area (Å²) < 4.78 is 68.5. The first-order valence-corrected chi connectivity index (χ1v) is 12.0. The second kappa shape index (κ2) is 10.8. The lowest BCUT2D eigenvalue weighted by Gasteiger charge is -2.40. The van der Waals surface area contributed by atoms with Crippen LogP contribution in [-0.2, 0) is 11.2 Å². The molecule has 0 saturated carbocycles. The van der Waals surface area contributed by atoms with Gasteiger partial charge in [0, 0.05) is 6.61 Å². The third kappa shape index (κ3) is 11.9. The van der Waals surface area contributed by atoms with E-state index in [9.17, 15) is 19.4 Å². The quantitative estimate of drug-likeness (QED) is 0.213.